The first-order chi connectivity index (χ1) is 8.11. The zero-order valence-electron chi connectivity index (χ0n) is 10.4. The summed E-state index contributed by atoms with van der Waals surface area (Å²) in [6.07, 6.45) is 4.01. The molecule has 92 valence electrons. The zero-order valence-corrected chi connectivity index (χ0v) is 10.4. The lowest BCUT2D eigenvalue weighted by Gasteiger charge is -2.17. The highest BCUT2D eigenvalue weighted by atomic mass is 16.1. The molecule has 0 aliphatic rings. The van der Waals surface area contributed by atoms with E-state index >= 15 is 0 Å². The Kier molecular flexibility index (Phi) is 5.43. The molecule has 17 heavy (non-hydrogen) atoms. The summed E-state index contributed by atoms with van der Waals surface area (Å²) in [5.41, 5.74) is 6.45. The molecular formula is C14H20N2O. The highest BCUT2D eigenvalue weighted by molar-refractivity contribution is 5.80. The molecule has 3 nitrogen and oxygen atoms in total. The first-order valence-electron chi connectivity index (χ1n) is 5.85. The van der Waals surface area contributed by atoms with Crippen molar-refractivity contribution in [3.05, 3.63) is 42.0 Å². The van der Waals surface area contributed by atoms with Crippen molar-refractivity contribution in [2.45, 2.75) is 19.9 Å². The van der Waals surface area contributed by atoms with Crippen molar-refractivity contribution < 1.29 is 4.79 Å². The van der Waals surface area contributed by atoms with Gasteiger partial charge in [0.1, 0.15) is 0 Å². The number of primary amides is 1. The fraction of sp³-hybridized carbons (Fsp3) is 0.357. The van der Waals surface area contributed by atoms with E-state index in [4.69, 9.17) is 5.73 Å². The zero-order chi connectivity index (χ0) is 12.7. The van der Waals surface area contributed by atoms with E-state index in [1.54, 1.807) is 0 Å². The van der Waals surface area contributed by atoms with E-state index in [1.165, 1.54) is 0 Å². The maximum absolute atomic E-state index is 11.1. The lowest BCUT2D eigenvalue weighted by atomic mass is 10.0. The molecule has 1 unspecified atom stereocenters. The fourth-order valence-corrected chi connectivity index (χ4v) is 1.62. The van der Waals surface area contributed by atoms with E-state index in [9.17, 15) is 4.79 Å². The molecule has 0 fully saturated rings. The molecule has 0 aliphatic heterocycles. The molecule has 1 aromatic carbocycles. The number of benzene rings is 1. The summed E-state index contributed by atoms with van der Waals surface area (Å²) in [5.74, 6) is -0.0919. The average molecular weight is 232 g/mol. The quantitative estimate of drug-likeness (QED) is 0.785. The third-order valence-corrected chi connectivity index (χ3v) is 2.54. The third-order valence-electron chi connectivity index (χ3n) is 2.54. The molecule has 0 saturated heterocycles. The summed E-state index contributed by atoms with van der Waals surface area (Å²) in [7, 11) is 0. The van der Waals surface area contributed by atoms with Crippen LogP contribution in [0.15, 0.2) is 36.4 Å². The Balaban J connectivity index is 2.41. The molecule has 0 spiro atoms. The highest BCUT2D eigenvalue weighted by Crippen LogP contribution is 2.02. The minimum Gasteiger partial charge on any atom is -0.368 e. The van der Waals surface area contributed by atoms with Gasteiger partial charge < -0.3 is 11.1 Å². The van der Waals surface area contributed by atoms with Crippen molar-refractivity contribution in [2.24, 2.45) is 11.7 Å². The molecule has 0 radical (unpaired) electrons. The van der Waals surface area contributed by atoms with Crippen LogP contribution in [-0.2, 0) is 4.79 Å². The first-order valence-corrected chi connectivity index (χ1v) is 5.85. The molecule has 1 atom stereocenters. The topological polar surface area (TPSA) is 55.1 Å². The van der Waals surface area contributed by atoms with Crippen LogP contribution >= 0.6 is 0 Å². The Morgan fingerprint density at radius 3 is 2.53 bits per heavy atom. The van der Waals surface area contributed by atoms with Gasteiger partial charge in [-0.1, -0.05) is 56.3 Å². The lowest BCUT2D eigenvalue weighted by Crippen LogP contribution is -2.44. The third kappa shape index (κ3) is 4.83. The molecule has 0 aliphatic carbocycles. The Labute approximate surface area is 103 Å². The second-order valence-corrected chi connectivity index (χ2v) is 4.35. The minimum absolute atomic E-state index is 0.206. The molecule has 1 rings (SSSR count). The number of carbonyl (C=O) groups is 1. The van der Waals surface area contributed by atoms with Crippen molar-refractivity contribution in [2.75, 3.05) is 6.54 Å². The molecular weight excluding hydrogens is 212 g/mol. The predicted octanol–water partition coefficient (Wildman–Crippen LogP) is 1.80. The van der Waals surface area contributed by atoms with Gasteiger partial charge >= 0.3 is 0 Å². The van der Waals surface area contributed by atoms with Crippen LogP contribution in [0.25, 0.3) is 6.08 Å². The van der Waals surface area contributed by atoms with Crippen molar-refractivity contribution in [1.82, 2.24) is 5.32 Å². The van der Waals surface area contributed by atoms with E-state index in [0.717, 1.165) is 5.56 Å². The maximum Gasteiger partial charge on any atom is 0.234 e. The Hall–Kier alpha value is -1.61. The van der Waals surface area contributed by atoms with Gasteiger partial charge in [0.05, 0.1) is 6.04 Å². The minimum atomic E-state index is -0.298. The van der Waals surface area contributed by atoms with Gasteiger partial charge in [-0.05, 0) is 11.5 Å². The average Bonchev–Trinajstić information content (AvgIpc) is 2.29. The molecule has 0 aromatic heterocycles. The molecule has 0 saturated carbocycles. The number of hydrogen-bond acceptors (Lipinski definition) is 2. The number of rotatable bonds is 6. The molecule has 3 N–H and O–H groups in total. The van der Waals surface area contributed by atoms with E-state index < -0.39 is 0 Å². The van der Waals surface area contributed by atoms with Gasteiger partial charge in [-0.3, -0.25) is 4.79 Å². The Morgan fingerprint density at radius 1 is 1.35 bits per heavy atom. The number of amides is 1. The highest BCUT2D eigenvalue weighted by Gasteiger charge is 2.17. The fourth-order valence-electron chi connectivity index (χ4n) is 1.62. The molecule has 0 bridgehead atoms. The Bertz CT molecular complexity index is 371. The number of hydrogen-bond donors (Lipinski definition) is 2. The van der Waals surface area contributed by atoms with E-state index in [2.05, 4.69) is 5.32 Å². The number of nitrogens with one attached hydrogen (secondary N) is 1. The largest absolute Gasteiger partial charge is 0.368 e. The van der Waals surface area contributed by atoms with E-state index in [-0.39, 0.29) is 17.9 Å². The van der Waals surface area contributed by atoms with Crippen LogP contribution in [0.2, 0.25) is 0 Å². The van der Waals surface area contributed by atoms with Crippen LogP contribution in [0, 0.1) is 5.92 Å². The number of nitrogens with two attached hydrogens (primary N) is 1. The lowest BCUT2D eigenvalue weighted by molar-refractivity contribution is -0.120. The summed E-state index contributed by atoms with van der Waals surface area (Å²) in [6, 6.07) is 9.77. The summed E-state index contributed by atoms with van der Waals surface area (Å²) in [4.78, 5) is 11.1. The van der Waals surface area contributed by atoms with Crippen LogP contribution < -0.4 is 11.1 Å². The first kappa shape index (κ1) is 13.5. The summed E-state index contributed by atoms with van der Waals surface area (Å²) in [6.45, 7) is 4.59. The predicted molar refractivity (Wildman–Crippen MR) is 71.3 cm³/mol. The summed E-state index contributed by atoms with van der Waals surface area (Å²) >= 11 is 0. The molecule has 3 heteroatoms. The van der Waals surface area contributed by atoms with Gasteiger partial charge in [0.2, 0.25) is 5.91 Å². The second-order valence-electron chi connectivity index (χ2n) is 4.35. The standard InChI is InChI=1S/C14H20N2O/c1-11(2)13(14(15)17)16-10-6-9-12-7-4-3-5-8-12/h3-9,11,13,16H,10H2,1-2H3,(H2,15,17)/b9-6+. The van der Waals surface area contributed by atoms with Crippen molar-refractivity contribution in [1.29, 1.82) is 0 Å². The van der Waals surface area contributed by atoms with Crippen LogP contribution in [-0.4, -0.2) is 18.5 Å². The Morgan fingerprint density at radius 2 is 2.00 bits per heavy atom. The summed E-state index contributed by atoms with van der Waals surface area (Å²) in [5, 5.41) is 3.13. The SMILES string of the molecule is CC(C)C(NC/C=C/c1ccccc1)C(N)=O. The molecule has 0 heterocycles. The van der Waals surface area contributed by atoms with Crippen LogP contribution in [0.3, 0.4) is 0 Å². The van der Waals surface area contributed by atoms with Gasteiger partial charge in [-0.2, -0.15) is 0 Å². The van der Waals surface area contributed by atoms with E-state index in [1.807, 2.05) is 56.3 Å². The van der Waals surface area contributed by atoms with Gasteiger partial charge in [0.15, 0.2) is 0 Å². The summed E-state index contributed by atoms with van der Waals surface area (Å²) < 4.78 is 0. The number of carbonyl (C=O) groups excluding carboxylic acids is 1. The second kappa shape index (κ2) is 6.86. The van der Waals surface area contributed by atoms with Crippen molar-refractivity contribution in [3.63, 3.8) is 0 Å². The van der Waals surface area contributed by atoms with Crippen LogP contribution in [0.4, 0.5) is 0 Å². The smallest absolute Gasteiger partial charge is 0.234 e. The van der Waals surface area contributed by atoms with Crippen LogP contribution in [0.1, 0.15) is 19.4 Å². The van der Waals surface area contributed by atoms with Gasteiger partial charge in [-0.15, -0.1) is 0 Å². The molecule has 1 amide bonds. The van der Waals surface area contributed by atoms with Crippen molar-refractivity contribution >= 4 is 12.0 Å². The monoisotopic (exact) mass is 232 g/mol. The van der Waals surface area contributed by atoms with Crippen LogP contribution in [0.5, 0.6) is 0 Å². The maximum atomic E-state index is 11.1. The molecule has 1 aromatic rings. The van der Waals surface area contributed by atoms with E-state index in [0.29, 0.717) is 6.54 Å². The van der Waals surface area contributed by atoms with Gasteiger partial charge in [0, 0.05) is 6.54 Å². The normalized spacial score (nSPS) is 13.1. The van der Waals surface area contributed by atoms with Gasteiger partial charge in [0.25, 0.3) is 0 Å². The van der Waals surface area contributed by atoms with Crippen molar-refractivity contribution in [3.8, 4) is 0 Å². The van der Waals surface area contributed by atoms with Gasteiger partial charge in [-0.25, -0.2) is 0 Å².